The number of rotatable bonds is 2. The average Bonchev–Trinajstić information content (AvgIpc) is 3.15. The molecule has 1 saturated carbocycles. The molecule has 2 aliphatic heterocycles. The molecule has 6 atom stereocenters. The highest BCUT2D eigenvalue weighted by atomic mass is 35.5. The number of aromatic hydroxyl groups is 1. The predicted molar refractivity (Wildman–Crippen MR) is 132 cm³/mol. The summed E-state index contributed by atoms with van der Waals surface area (Å²) in [6.07, 6.45) is 2.02. The van der Waals surface area contributed by atoms with Crippen LogP contribution in [0.15, 0.2) is 29.8 Å². The van der Waals surface area contributed by atoms with Crippen LogP contribution in [0.3, 0.4) is 0 Å². The number of allylic oxidation sites excluding steroid dienone is 2. The van der Waals surface area contributed by atoms with Gasteiger partial charge in [0.25, 0.3) is 11.8 Å². The van der Waals surface area contributed by atoms with E-state index >= 15 is 0 Å². The van der Waals surface area contributed by atoms with Gasteiger partial charge < -0.3 is 9.84 Å². The fourth-order valence-corrected chi connectivity index (χ4v) is 7.70. The summed E-state index contributed by atoms with van der Waals surface area (Å²) in [7, 11) is 2.73. The Morgan fingerprint density at radius 1 is 1.06 bits per heavy atom. The molecule has 10 heteroatoms. The van der Waals surface area contributed by atoms with Crippen LogP contribution in [0.5, 0.6) is 11.5 Å². The number of nitrogens with zero attached hydrogens (tertiary/aromatic N) is 2. The van der Waals surface area contributed by atoms with E-state index in [1.165, 1.54) is 19.1 Å². The van der Waals surface area contributed by atoms with E-state index in [2.05, 4.69) is 0 Å². The van der Waals surface area contributed by atoms with E-state index in [0.29, 0.717) is 5.57 Å². The molecule has 0 bridgehead atoms. The molecule has 2 heterocycles. The second kappa shape index (κ2) is 7.71. The number of carbonyl (C=O) groups excluding carboxylic acids is 4. The number of phenolic OH excluding ortho intramolecular Hbond substituents is 1. The van der Waals surface area contributed by atoms with Gasteiger partial charge >= 0.3 is 0 Å². The molecule has 4 aliphatic rings. The maximum absolute atomic E-state index is 13.7. The number of fused-ring (bicyclic) bond motifs is 4. The van der Waals surface area contributed by atoms with E-state index in [4.69, 9.17) is 27.9 Å². The van der Waals surface area contributed by atoms with Crippen LogP contribution in [0, 0.1) is 17.8 Å². The monoisotopic (exact) mass is 534 g/mol. The number of alkyl halides is 2. The molecule has 1 aromatic carbocycles. The number of benzene rings is 1. The minimum atomic E-state index is -1.95. The molecular formula is C26H28Cl2N2O6. The molecule has 0 spiro atoms. The highest BCUT2D eigenvalue weighted by molar-refractivity contribution is 6.53. The molecule has 3 fully saturated rings. The lowest BCUT2D eigenvalue weighted by Crippen LogP contribution is -2.60. The minimum absolute atomic E-state index is 0.0851. The Hall–Kier alpha value is -2.58. The van der Waals surface area contributed by atoms with Gasteiger partial charge in [-0.25, -0.2) is 0 Å². The normalized spacial score (nSPS) is 36.0. The first kappa shape index (κ1) is 25.1. The lowest BCUT2D eigenvalue weighted by Gasteiger charge is -2.50. The van der Waals surface area contributed by atoms with Gasteiger partial charge in [0.15, 0.2) is 21.2 Å². The molecular weight excluding hydrogens is 507 g/mol. The molecule has 5 rings (SSSR count). The number of para-hydroxylation sites is 1. The van der Waals surface area contributed by atoms with E-state index in [9.17, 15) is 24.3 Å². The molecule has 1 aromatic rings. The summed E-state index contributed by atoms with van der Waals surface area (Å²) < 4.78 is 5.29. The lowest BCUT2D eigenvalue weighted by molar-refractivity contribution is -0.146. The number of imide groups is 2. The molecule has 6 unspecified atom stereocenters. The maximum Gasteiger partial charge on any atom is 0.253 e. The van der Waals surface area contributed by atoms with Crippen molar-refractivity contribution in [2.24, 2.45) is 17.8 Å². The van der Waals surface area contributed by atoms with Gasteiger partial charge in [0, 0.05) is 24.1 Å². The van der Waals surface area contributed by atoms with Crippen LogP contribution in [0.25, 0.3) is 0 Å². The molecule has 0 aromatic heterocycles. The van der Waals surface area contributed by atoms with Crippen LogP contribution in [-0.2, 0) is 19.2 Å². The van der Waals surface area contributed by atoms with Crippen molar-refractivity contribution in [1.82, 2.24) is 9.80 Å². The Kier molecular flexibility index (Phi) is 5.37. The van der Waals surface area contributed by atoms with Crippen molar-refractivity contribution in [1.29, 1.82) is 0 Å². The number of likely N-dealkylation sites (tertiary alicyclic amines) is 2. The van der Waals surface area contributed by atoms with Crippen molar-refractivity contribution in [2.45, 2.75) is 54.8 Å². The summed E-state index contributed by atoms with van der Waals surface area (Å²) in [6.45, 7) is 5.40. The smallest absolute Gasteiger partial charge is 0.253 e. The Bertz CT molecular complexity index is 1260. The van der Waals surface area contributed by atoms with E-state index in [-0.39, 0.29) is 41.7 Å². The van der Waals surface area contributed by atoms with E-state index < -0.39 is 50.8 Å². The first-order chi connectivity index (χ1) is 16.7. The van der Waals surface area contributed by atoms with Crippen molar-refractivity contribution < 1.29 is 29.0 Å². The first-order valence-electron chi connectivity index (χ1n) is 11.9. The highest BCUT2D eigenvalue weighted by Gasteiger charge is 2.76. The number of hydrogen-bond donors (Lipinski definition) is 1. The fraction of sp³-hybridized carbons (Fsp3) is 0.538. The number of amides is 4. The Labute approximate surface area is 219 Å². The van der Waals surface area contributed by atoms with Crippen molar-refractivity contribution in [2.75, 3.05) is 14.2 Å². The quantitative estimate of drug-likeness (QED) is 0.355. The zero-order chi connectivity index (χ0) is 26.5. The lowest BCUT2D eigenvalue weighted by atomic mass is 9.56. The summed E-state index contributed by atoms with van der Waals surface area (Å²) in [5.74, 6) is -5.00. The van der Waals surface area contributed by atoms with Crippen molar-refractivity contribution >= 4 is 46.8 Å². The van der Waals surface area contributed by atoms with Gasteiger partial charge in [-0.05, 0) is 45.6 Å². The van der Waals surface area contributed by atoms with Crippen LogP contribution in [0.1, 0.15) is 45.1 Å². The summed E-state index contributed by atoms with van der Waals surface area (Å²) in [4.78, 5) is 52.4. The third-order valence-electron chi connectivity index (χ3n) is 8.25. The Morgan fingerprint density at radius 3 is 2.33 bits per heavy atom. The minimum Gasteiger partial charge on any atom is -0.504 e. The molecule has 1 N–H and O–H groups in total. The number of phenols is 1. The number of hydrogen-bond acceptors (Lipinski definition) is 6. The summed E-state index contributed by atoms with van der Waals surface area (Å²) in [5, 5.41) is 11.1. The molecule has 36 heavy (non-hydrogen) atoms. The van der Waals surface area contributed by atoms with E-state index in [1.54, 1.807) is 39.0 Å². The standard InChI is InChI=1S/C26H28Cl2N2O6/c1-24(2,3)30-20(32)13-10-9-12-15(17(13)21(30)33)11-25(27)22(34)29(4)23(35)26(25,28)18(12)14-7-6-8-16(36-5)19(14)31/h6-9,13,15,17-18,31H,10-11H2,1-5H3. The van der Waals surface area contributed by atoms with Crippen LogP contribution >= 0.6 is 23.2 Å². The van der Waals surface area contributed by atoms with E-state index in [1.807, 2.05) is 6.08 Å². The van der Waals surface area contributed by atoms with Gasteiger partial charge in [-0.15, -0.1) is 23.2 Å². The zero-order valence-corrected chi connectivity index (χ0v) is 22.2. The molecule has 0 radical (unpaired) electrons. The van der Waals surface area contributed by atoms with Gasteiger partial charge in [0.2, 0.25) is 11.8 Å². The van der Waals surface area contributed by atoms with Crippen molar-refractivity contribution in [3.8, 4) is 11.5 Å². The van der Waals surface area contributed by atoms with Gasteiger partial charge in [0.1, 0.15) is 0 Å². The van der Waals surface area contributed by atoms with Crippen LogP contribution in [0.4, 0.5) is 0 Å². The zero-order valence-electron chi connectivity index (χ0n) is 20.7. The van der Waals surface area contributed by atoms with Crippen LogP contribution < -0.4 is 4.74 Å². The van der Waals surface area contributed by atoms with Gasteiger partial charge in [0.05, 0.1) is 18.9 Å². The molecule has 2 aliphatic carbocycles. The first-order valence-corrected chi connectivity index (χ1v) is 12.6. The Balaban J connectivity index is 1.75. The third-order valence-corrected chi connectivity index (χ3v) is 9.66. The third kappa shape index (κ3) is 2.88. The second-order valence-corrected chi connectivity index (χ2v) is 12.3. The summed E-state index contributed by atoms with van der Waals surface area (Å²) in [6, 6.07) is 4.82. The van der Waals surface area contributed by atoms with Crippen LogP contribution in [0.2, 0.25) is 0 Å². The van der Waals surface area contributed by atoms with Gasteiger partial charge in [-0.1, -0.05) is 23.8 Å². The highest BCUT2D eigenvalue weighted by Crippen LogP contribution is 2.66. The molecule has 192 valence electrons. The predicted octanol–water partition coefficient (Wildman–Crippen LogP) is 3.19. The van der Waals surface area contributed by atoms with Crippen molar-refractivity contribution in [3.63, 3.8) is 0 Å². The summed E-state index contributed by atoms with van der Waals surface area (Å²) in [5.41, 5.74) is 0.170. The SMILES string of the molecule is COc1cccc(C2C3=CCC4C(=O)N(C(C)(C)C)C(=O)C4C3CC3(Cl)C(=O)N(C)C(=O)C23Cl)c1O. The topological polar surface area (TPSA) is 104 Å². The fourth-order valence-electron chi connectivity index (χ4n) is 6.69. The number of carbonyl (C=O) groups is 4. The average molecular weight is 535 g/mol. The second-order valence-electron chi connectivity index (χ2n) is 11.1. The van der Waals surface area contributed by atoms with E-state index in [0.717, 1.165) is 4.90 Å². The number of ether oxygens (including phenoxy) is 1. The van der Waals surface area contributed by atoms with Crippen molar-refractivity contribution in [3.05, 3.63) is 35.4 Å². The van der Waals surface area contributed by atoms with Gasteiger partial charge in [-0.3, -0.25) is 29.0 Å². The number of methoxy groups -OCH3 is 1. The largest absolute Gasteiger partial charge is 0.504 e. The van der Waals surface area contributed by atoms with Crippen LogP contribution in [-0.4, -0.2) is 68.0 Å². The maximum atomic E-state index is 13.7. The molecule has 4 amide bonds. The number of halogens is 2. The molecule has 8 nitrogen and oxygen atoms in total. The summed E-state index contributed by atoms with van der Waals surface area (Å²) >= 11 is 14.2. The van der Waals surface area contributed by atoms with Gasteiger partial charge in [-0.2, -0.15) is 0 Å². The molecule has 2 saturated heterocycles. The Morgan fingerprint density at radius 2 is 1.72 bits per heavy atom.